The predicted molar refractivity (Wildman–Crippen MR) is 152 cm³/mol. The Morgan fingerprint density at radius 2 is 1.77 bits per heavy atom. The lowest BCUT2D eigenvalue weighted by atomic mass is 9.90. The molecule has 8 nitrogen and oxygen atoms in total. The van der Waals surface area contributed by atoms with Crippen LogP contribution in [0.2, 0.25) is 0 Å². The van der Waals surface area contributed by atoms with Gasteiger partial charge in [0.25, 0.3) is 0 Å². The topological polar surface area (TPSA) is 72.5 Å². The lowest BCUT2D eigenvalue weighted by Gasteiger charge is -2.37. The standard InChI is InChI=1S/C31H45N3O5/c1-5-6-7-8-9-18-32-31(35)38-27-13-10-24(11-14-27)21-33-19-16-25(17-20-33)23(2)34-22-26-12-15-28(36-3)30(37-4)29(26)39-34/h10-15,23,25H,5-9,16-22H2,1-4H3,(H,32,35). The molecule has 8 heteroatoms. The van der Waals surface area contributed by atoms with E-state index in [1.54, 1.807) is 14.2 Å². The molecule has 0 saturated carbocycles. The molecule has 0 bridgehead atoms. The van der Waals surface area contributed by atoms with Gasteiger partial charge in [-0.25, -0.2) is 4.79 Å². The molecule has 4 rings (SSSR count). The molecule has 1 fully saturated rings. The summed E-state index contributed by atoms with van der Waals surface area (Å²) in [4.78, 5) is 20.8. The van der Waals surface area contributed by atoms with Crippen LogP contribution in [0.25, 0.3) is 0 Å². The Balaban J connectivity index is 1.18. The average molecular weight is 540 g/mol. The molecule has 214 valence electrons. The Hall–Kier alpha value is -2.97. The third-order valence-electron chi connectivity index (χ3n) is 7.97. The highest BCUT2D eigenvalue weighted by molar-refractivity contribution is 5.70. The van der Waals surface area contributed by atoms with E-state index in [0.29, 0.717) is 35.8 Å². The number of fused-ring (bicyclic) bond motifs is 1. The van der Waals surface area contributed by atoms with Gasteiger partial charge in [0.15, 0.2) is 11.5 Å². The van der Waals surface area contributed by atoms with Gasteiger partial charge in [0.2, 0.25) is 5.75 Å². The minimum absolute atomic E-state index is 0.300. The number of amides is 1. The number of unbranched alkanes of at least 4 members (excludes halogenated alkanes) is 4. The largest absolute Gasteiger partial charge is 0.493 e. The van der Waals surface area contributed by atoms with Crippen LogP contribution < -0.4 is 24.4 Å². The van der Waals surface area contributed by atoms with Crippen molar-refractivity contribution in [1.29, 1.82) is 0 Å². The van der Waals surface area contributed by atoms with Crippen molar-refractivity contribution >= 4 is 6.09 Å². The monoisotopic (exact) mass is 539 g/mol. The van der Waals surface area contributed by atoms with Crippen molar-refractivity contribution in [3.8, 4) is 23.0 Å². The molecule has 0 radical (unpaired) electrons. The second-order valence-electron chi connectivity index (χ2n) is 10.7. The summed E-state index contributed by atoms with van der Waals surface area (Å²) < 4.78 is 16.4. The molecule has 2 heterocycles. The van der Waals surface area contributed by atoms with E-state index < -0.39 is 0 Å². The van der Waals surface area contributed by atoms with Gasteiger partial charge >= 0.3 is 6.09 Å². The molecular weight excluding hydrogens is 494 g/mol. The van der Waals surface area contributed by atoms with Crippen LogP contribution in [0.4, 0.5) is 4.79 Å². The number of hydrogen-bond donors (Lipinski definition) is 1. The fourth-order valence-electron chi connectivity index (χ4n) is 5.52. The number of ether oxygens (including phenoxy) is 3. The number of rotatable bonds is 13. The van der Waals surface area contributed by atoms with Gasteiger partial charge in [-0.15, -0.1) is 5.06 Å². The first kappa shape index (κ1) is 29.0. The molecule has 39 heavy (non-hydrogen) atoms. The zero-order valence-corrected chi connectivity index (χ0v) is 24.0. The summed E-state index contributed by atoms with van der Waals surface area (Å²) in [6.07, 6.45) is 7.70. The number of nitrogens with zero attached hydrogens (tertiary/aromatic N) is 2. The van der Waals surface area contributed by atoms with Crippen LogP contribution in [0.15, 0.2) is 36.4 Å². The highest BCUT2D eigenvalue weighted by Crippen LogP contribution is 2.45. The number of likely N-dealkylation sites (tertiary alicyclic amines) is 1. The second kappa shape index (κ2) is 14.4. The molecule has 1 saturated heterocycles. The van der Waals surface area contributed by atoms with E-state index in [0.717, 1.165) is 63.2 Å². The van der Waals surface area contributed by atoms with Gasteiger partial charge < -0.3 is 24.4 Å². The molecule has 0 spiro atoms. The molecule has 1 atom stereocenters. The first-order valence-corrected chi connectivity index (χ1v) is 14.5. The van der Waals surface area contributed by atoms with E-state index in [4.69, 9.17) is 19.0 Å². The minimum atomic E-state index is -0.378. The molecule has 0 aromatic heterocycles. The van der Waals surface area contributed by atoms with Gasteiger partial charge in [0, 0.05) is 24.7 Å². The van der Waals surface area contributed by atoms with Crippen molar-refractivity contribution in [2.24, 2.45) is 5.92 Å². The van der Waals surface area contributed by atoms with Gasteiger partial charge in [0.05, 0.1) is 20.8 Å². The van der Waals surface area contributed by atoms with Crippen LogP contribution in [0.1, 0.15) is 69.9 Å². The van der Waals surface area contributed by atoms with Gasteiger partial charge in [-0.2, -0.15) is 0 Å². The van der Waals surface area contributed by atoms with Gasteiger partial charge in [-0.3, -0.25) is 4.90 Å². The smallest absolute Gasteiger partial charge is 0.412 e. The average Bonchev–Trinajstić information content (AvgIpc) is 3.40. The SMILES string of the molecule is CCCCCCCNC(=O)Oc1ccc(CN2CCC(C(C)N3Cc4ccc(OC)c(OC)c4O3)CC2)cc1. The summed E-state index contributed by atoms with van der Waals surface area (Å²) in [6, 6.07) is 12.2. The number of benzene rings is 2. The Labute approximate surface area is 233 Å². The molecule has 2 aromatic rings. The van der Waals surface area contributed by atoms with Crippen LogP contribution >= 0.6 is 0 Å². The van der Waals surface area contributed by atoms with E-state index in [1.165, 1.54) is 24.8 Å². The Bertz CT molecular complexity index is 1050. The summed E-state index contributed by atoms with van der Waals surface area (Å²) in [7, 11) is 3.30. The Morgan fingerprint density at radius 3 is 2.46 bits per heavy atom. The normalized spacial score (nSPS) is 16.8. The first-order valence-electron chi connectivity index (χ1n) is 14.5. The number of nitrogens with one attached hydrogen (secondary N) is 1. The van der Waals surface area contributed by atoms with Crippen molar-refractivity contribution in [2.75, 3.05) is 33.9 Å². The zero-order chi connectivity index (χ0) is 27.6. The number of hydrogen-bond acceptors (Lipinski definition) is 7. The fraction of sp³-hybridized carbons (Fsp3) is 0.581. The molecule has 1 N–H and O–H groups in total. The number of hydroxylamine groups is 2. The van der Waals surface area contributed by atoms with Gasteiger partial charge in [-0.05, 0) is 75.0 Å². The lowest BCUT2D eigenvalue weighted by Crippen LogP contribution is -2.43. The summed E-state index contributed by atoms with van der Waals surface area (Å²) in [5.41, 5.74) is 2.36. The van der Waals surface area contributed by atoms with Crippen molar-refractivity contribution in [2.45, 2.75) is 77.9 Å². The Kier molecular flexibility index (Phi) is 10.7. The van der Waals surface area contributed by atoms with Crippen molar-refractivity contribution < 1.29 is 23.8 Å². The maximum Gasteiger partial charge on any atom is 0.412 e. The third-order valence-corrected chi connectivity index (χ3v) is 7.97. The first-order chi connectivity index (χ1) is 19.0. The number of carbonyl (C=O) groups excluding carboxylic acids is 1. The number of piperidine rings is 1. The molecular formula is C31H45N3O5. The van der Waals surface area contributed by atoms with E-state index >= 15 is 0 Å². The summed E-state index contributed by atoms with van der Waals surface area (Å²) >= 11 is 0. The molecule has 2 aliphatic heterocycles. The molecule has 2 aromatic carbocycles. The van der Waals surface area contributed by atoms with Crippen LogP contribution in [-0.4, -0.2) is 56.0 Å². The summed E-state index contributed by atoms with van der Waals surface area (Å²) in [5, 5.41) is 4.94. The maximum absolute atomic E-state index is 12.0. The van der Waals surface area contributed by atoms with Crippen molar-refractivity contribution in [3.63, 3.8) is 0 Å². The van der Waals surface area contributed by atoms with Gasteiger partial charge in [0.1, 0.15) is 5.75 Å². The quantitative estimate of drug-likeness (QED) is 0.305. The van der Waals surface area contributed by atoms with Crippen LogP contribution in [0.3, 0.4) is 0 Å². The highest BCUT2D eigenvalue weighted by atomic mass is 16.7. The maximum atomic E-state index is 12.0. The zero-order valence-electron chi connectivity index (χ0n) is 24.0. The van der Waals surface area contributed by atoms with Crippen LogP contribution in [0, 0.1) is 5.92 Å². The highest BCUT2D eigenvalue weighted by Gasteiger charge is 2.35. The van der Waals surface area contributed by atoms with Crippen LogP contribution in [0.5, 0.6) is 23.0 Å². The minimum Gasteiger partial charge on any atom is -0.493 e. The van der Waals surface area contributed by atoms with Crippen molar-refractivity contribution in [1.82, 2.24) is 15.3 Å². The van der Waals surface area contributed by atoms with E-state index in [1.807, 2.05) is 18.2 Å². The molecule has 1 amide bonds. The Morgan fingerprint density at radius 1 is 1.03 bits per heavy atom. The summed E-state index contributed by atoms with van der Waals surface area (Å²) in [5.74, 6) is 3.26. The predicted octanol–water partition coefficient (Wildman–Crippen LogP) is 6.17. The van der Waals surface area contributed by atoms with E-state index in [-0.39, 0.29) is 6.09 Å². The molecule has 0 aliphatic carbocycles. The van der Waals surface area contributed by atoms with Crippen molar-refractivity contribution in [3.05, 3.63) is 47.5 Å². The summed E-state index contributed by atoms with van der Waals surface area (Å²) in [6.45, 7) is 8.87. The molecule has 2 aliphatic rings. The van der Waals surface area contributed by atoms with E-state index in [9.17, 15) is 4.79 Å². The lowest BCUT2D eigenvalue weighted by molar-refractivity contribution is -0.101. The van der Waals surface area contributed by atoms with Gasteiger partial charge in [-0.1, -0.05) is 44.7 Å². The van der Waals surface area contributed by atoms with E-state index in [2.05, 4.69) is 47.3 Å². The molecule has 1 unspecified atom stereocenters. The second-order valence-corrected chi connectivity index (χ2v) is 10.7. The van der Waals surface area contributed by atoms with Crippen LogP contribution in [-0.2, 0) is 13.1 Å². The number of carbonyl (C=O) groups is 1. The third kappa shape index (κ3) is 7.79. The number of methoxy groups -OCH3 is 2. The fourth-order valence-corrected chi connectivity index (χ4v) is 5.52.